The highest BCUT2D eigenvalue weighted by Crippen LogP contribution is 2.51. The second-order valence-electron chi connectivity index (χ2n) is 5.44. The molecule has 2 unspecified atom stereocenters. The number of ether oxygens (including phenoxy) is 1. The van der Waals surface area contributed by atoms with E-state index in [4.69, 9.17) is 4.74 Å². The fraction of sp³-hybridized carbons (Fsp3) is 0.571. The molecule has 0 amide bonds. The molecular weight excluding hydrogens is 216 g/mol. The molecule has 0 aromatic carbocycles. The summed E-state index contributed by atoms with van der Waals surface area (Å²) >= 11 is 0. The molecule has 3 aliphatic carbocycles. The molecule has 0 aliphatic heterocycles. The zero-order chi connectivity index (χ0) is 12.8. The van der Waals surface area contributed by atoms with Crippen molar-refractivity contribution in [1.29, 1.82) is 0 Å². The first kappa shape index (κ1) is 12.1. The number of carbonyl (C=O) groups excluding carboxylic acids is 2. The molecule has 0 saturated heterocycles. The van der Waals surface area contributed by atoms with Gasteiger partial charge in [0.05, 0.1) is 17.6 Å². The van der Waals surface area contributed by atoms with E-state index in [-0.39, 0.29) is 17.7 Å². The predicted octanol–water partition coefficient (Wildman–Crippen LogP) is 2.28. The van der Waals surface area contributed by atoms with Crippen molar-refractivity contribution in [3.8, 4) is 0 Å². The molecule has 3 heteroatoms. The van der Waals surface area contributed by atoms with Gasteiger partial charge in [0.1, 0.15) is 0 Å². The Bertz CT molecular complexity index is 442. The Labute approximate surface area is 102 Å². The average Bonchev–Trinajstić information content (AvgIpc) is 2.26. The van der Waals surface area contributed by atoms with Crippen molar-refractivity contribution in [2.45, 2.75) is 27.7 Å². The fourth-order valence-corrected chi connectivity index (χ4v) is 2.75. The van der Waals surface area contributed by atoms with E-state index in [2.05, 4.69) is 0 Å². The molecule has 0 radical (unpaired) electrons. The third-order valence-corrected chi connectivity index (χ3v) is 3.93. The third-order valence-electron chi connectivity index (χ3n) is 3.93. The van der Waals surface area contributed by atoms with Crippen LogP contribution in [-0.4, -0.2) is 18.4 Å². The predicted molar refractivity (Wildman–Crippen MR) is 64.2 cm³/mol. The van der Waals surface area contributed by atoms with Gasteiger partial charge in [-0.05, 0) is 13.8 Å². The maximum atomic E-state index is 12.4. The topological polar surface area (TPSA) is 43.4 Å². The van der Waals surface area contributed by atoms with Crippen LogP contribution in [0.1, 0.15) is 27.7 Å². The highest BCUT2D eigenvalue weighted by molar-refractivity contribution is 6.06. The van der Waals surface area contributed by atoms with Crippen molar-refractivity contribution in [3.63, 3.8) is 0 Å². The van der Waals surface area contributed by atoms with Crippen LogP contribution in [0.25, 0.3) is 0 Å². The van der Waals surface area contributed by atoms with Gasteiger partial charge in [-0.2, -0.15) is 0 Å². The van der Waals surface area contributed by atoms with Gasteiger partial charge in [-0.3, -0.25) is 4.79 Å². The van der Waals surface area contributed by atoms with Crippen LogP contribution in [0.3, 0.4) is 0 Å². The van der Waals surface area contributed by atoms with E-state index >= 15 is 0 Å². The first-order valence-corrected chi connectivity index (χ1v) is 5.97. The summed E-state index contributed by atoms with van der Waals surface area (Å²) in [4.78, 5) is 24.3. The molecule has 0 fully saturated rings. The summed E-state index contributed by atoms with van der Waals surface area (Å²) in [5, 5.41) is 0. The molecule has 0 saturated carbocycles. The van der Waals surface area contributed by atoms with E-state index in [9.17, 15) is 9.59 Å². The summed E-state index contributed by atoms with van der Waals surface area (Å²) in [6, 6.07) is 0. The van der Waals surface area contributed by atoms with Crippen LogP contribution < -0.4 is 0 Å². The lowest BCUT2D eigenvalue weighted by Crippen LogP contribution is -2.50. The van der Waals surface area contributed by atoms with Gasteiger partial charge >= 0.3 is 5.97 Å². The molecule has 0 spiro atoms. The van der Waals surface area contributed by atoms with Gasteiger partial charge < -0.3 is 4.74 Å². The summed E-state index contributed by atoms with van der Waals surface area (Å²) in [6.45, 7) is 7.76. The Balaban J connectivity index is 2.47. The maximum absolute atomic E-state index is 12.4. The molecule has 17 heavy (non-hydrogen) atoms. The van der Waals surface area contributed by atoms with Gasteiger partial charge in [0, 0.05) is 11.3 Å². The molecule has 92 valence electrons. The van der Waals surface area contributed by atoms with Crippen molar-refractivity contribution in [2.75, 3.05) is 6.61 Å². The van der Waals surface area contributed by atoms with Crippen molar-refractivity contribution in [3.05, 3.63) is 23.8 Å². The summed E-state index contributed by atoms with van der Waals surface area (Å²) < 4.78 is 5.02. The quantitative estimate of drug-likeness (QED) is 0.544. The Morgan fingerprint density at radius 3 is 2.65 bits per heavy atom. The number of hydrogen-bond acceptors (Lipinski definition) is 3. The van der Waals surface area contributed by atoms with Crippen LogP contribution in [0.5, 0.6) is 0 Å². The maximum Gasteiger partial charge on any atom is 0.335 e. The monoisotopic (exact) mass is 234 g/mol. The first-order chi connectivity index (χ1) is 7.84. The summed E-state index contributed by atoms with van der Waals surface area (Å²) in [7, 11) is 0. The van der Waals surface area contributed by atoms with Crippen LogP contribution in [0, 0.1) is 16.7 Å². The lowest BCUT2D eigenvalue weighted by molar-refractivity contribution is -0.145. The number of fused-ring (bicyclic) bond motifs is 1. The Morgan fingerprint density at radius 1 is 1.41 bits per heavy atom. The largest absolute Gasteiger partial charge is 0.463 e. The lowest BCUT2D eigenvalue weighted by atomic mass is 9.55. The lowest BCUT2D eigenvalue weighted by Gasteiger charge is -2.46. The second-order valence-corrected chi connectivity index (χ2v) is 5.44. The summed E-state index contributed by atoms with van der Waals surface area (Å²) in [6.07, 6.45) is 5.75. The van der Waals surface area contributed by atoms with Crippen molar-refractivity contribution >= 4 is 11.8 Å². The average molecular weight is 234 g/mol. The van der Waals surface area contributed by atoms with Gasteiger partial charge in [-0.15, -0.1) is 0 Å². The van der Waals surface area contributed by atoms with Gasteiger partial charge in [-0.25, -0.2) is 4.79 Å². The molecule has 3 rings (SSSR count). The van der Waals surface area contributed by atoms with Crippen LogP contribution in [0.4, 0.5) is 0 Å². The van der Waals surface area contributed by atoms with Crippen LogP contribution in [0.2, 0.25) is 0 Å². The highest BCUT2D eigenvalue weighted by Gasteiger charge is 2.54. The third kappa shape index (κ3) is 1.48. The first-order valence-electron chi connectivity index (χ1n) is 5.97. The minimum atomic E-state index is -0.815. The fourth-order valence-electron chi connectivity index (χ4n) is 2.75. The number of carbonyl (C=O) groups is 2. The minimum Gasteiger partial charge on any atom is -0.463 e. The molecule has 0 heterocycles. The van der Waals surface area contributed by atoms with E-state index in [1.54, 1.807) is 13.8 Å². The summed E-state index contributed by atoms with van der Waals surface area (Å²) in [5.74, 6) is -0.271. The van der Waals surface area contributed by atoms with Crippen LogP contribution in [0.15, 0.2) is 23.8 Å². The normalized spacial score (nSPS) is 33.5. The molecule has 0 N–H and O–H groups in total. The Kier molecular flexibility index (Phi) is 2.53. The minimum absolute atomic E-state index is 0.00349. The number of hydrogen-bond donors (Lipinski definition) is 0. The molecule has 3 nitrogen and oxygen atoms in total. The van der Waals surface area contributed by atoms with Gasteiger partial charge in [0.15, 0.2) is 5.78 Å². The zero-order valence-electron chi connectivity index (χ0n) is 10.7. The smallest absolute Gasteiger partial charge is 0.335 e. The van der Waals surface area contributed by atoms with Crippen molar-refractivity contribution in [1.82, 2.24) is 0 Å². The number of allylic oxidation sites excluding steroid dienone is 3. The van der Waals surface area contributed by atoms with Crippen LogP contribution in [-0.2, 0) is 14.3 Å². The Morgan fingerprint density at radius 2 is 2.06 bits per heavy atom. The van der Waals surface area contributed by atoms with E-state index in [1.807, 2.05) is 32.1 Å². The number of esters is 1. The van der Waals surface area contributed by atoms with E-state index in [0.29, 0.717) is 12.2 Å². The van der Waals surface area contributed by atoms with E-state index in [1.165, 1.54) is 0 Å². The van der Waals surface area contributed by atoms with Crippen molar-refractivity contribution in [2.24, 2.45) is 16.7 Å². The molecular formula is C14H18O3. The molecule has 0 aromatic heterocycles. The zero-order valence-corrected chi connectivity index (χ0v) is 10.7. The summed E-state index contributed by atoms with van der Waals surface area (Å²) in [5.41, 5.74) is -0.750. The van der Waals surface area contributed by atoms with Gasteiger partial charge in [-0.1, -0.05) is 32.1 Å². The molecule has 3 aliphatic rings. The highest BCUT2D eigenvalue weighted by atomic mass is 16.5. The Hall–Kier alpha value is -1.38. The second kappa shape index (κ2) is 3.56. The number of Topliss-reactive ketones (excluding diaryl/α,β-unsaturated/α-hetero) is 1. The SMILES string of the molecule is CCOC(=O)C1=CC2C=CC1(C)C(=O)C2(C)C. The number of ketones is 1. The van der Waals surface area contributed by atoms with Gasteiger partial charge in [0.2, 0.25) is 0 Å². The number of rotatable bonds is 2. The van der Waals surface area contributed by atoms with E-state index < -0.39 is 10.8 Å². The molecule has 2 atom stereocenters. The standard InChI is InChI=1S/C14H18O3/c1-5-17-11(15)10-8-9-6-7-14(10,4)12(16)13(9,2)3/h6-9H,5H2,1-4H3. The molecule has 2 bridgehead atoms. The van der Waals surface area contributed by atoms with Crippen LogP contribution >= 0.6 is 0 Å². The van der Waals surface area contributed by atoms with Crippen molar-refractivity contribution < 1.29 is 14.3 Å². The van der Waals surface area contributed by atoms with Gasteiger partial charge in [0.25, 0.3) is 0 Å². The molecule has 0 aromatic rings. The van der Waals surface area contributed by atoms with E-state index in [0.717, 1.165) is 0 Å².